The van der Waals surface area contributed by atoms with Crippen LogP contribution in [0.25, 0.3) is 0 Å². The van der Waals surface area contributed by atoms with Crippen molar-refractivity contribution in [2.24, 2.45) is 11.8 Å². The molecule has 0 aromatic heterocycles. The lowest BCUT2D eigenvalue weighted by Crippen LogP contribution is -2.24. The molecule has 1 aliphatic rings. The summed E-state index contributed by atoms with van der Waals surface area (Å²) in [6.07, 6.45) is 2.53. The van der Waals surface area contributed by atoms with Gasteiger partial charge in [-0.3, -0.25) is 0 Å². The maximum atomic E-state index is 3.60. The van der Waals surface area contributed by atoms with E-state index in [1.54, 1.807) is 0 Å². The second-order valence-electron chi connectivity index (χ2n) is 6.46. The normalized spacial score (nSPS) is 20.3. The van der Waals surface area contributed by atoms with Crippen LogP contribution >= 0.6 is 0 Å². The molecule has 1 saturated heterocycles. The zero-order valence-electron chi connectivity index (χ0n) is 12.7. The highest BCUT2D eigenvalue weighted by Gasteiger charge is 2.18. The zero-order chi connectivity index (χ0) is 13.7. The van der Waals surface area contributed by atoms with E-state index in [1.807, 2.05) is 0 Å². The Morgan fingerprint density at radius 2 is 1.89 bits per heavy atom. The lowest BCUT2D eigenvalue weighted by molar-refractivity contribution is 0.388. The number of rotatable bonds is 6. The van der Waals surface area contributed by atoms with Crippen molar-refractivity contribution in [3.63, 3.8) is 0 Å². The number of likely N-dealkylation sites (tertiary alicyclic amines) is 1. The Balaban J connectivity index is 1.71. The Bertz CT molecular complexity index is 369. The quantitative estimate of drug-likeness (QED) is 0.846. The van der Waals surface area contributed by atoms with Crippen molar-refractivity contribution in [1.82, 2.24) is 10.2 Å². The Hall–Kier alpha value is -0.860. The molecule has 106 valence electrons. The van der Waals surface area contributed by atoms with Crippen molar-refractivity contribution in [1.29, 1.82) is 0 Å². The van der Waals surface area contributed by atoms with Crippen molar-refractivity contribution in [2.45, 2.75) is 33.2 Å². The maximum Gasteiger partial charge on any atom is 0.0205 e. The van der Waals surface area contributed by atoms with Crippen molar-refractivity contribution < 1.29 is 0 Å². The Morgan fingerprint density at radius 1 is 1.21 bits per heavy atom. The van der Waals surface area contributed by atoms with Gasteiger partial charge in [0.25, 0.3) is 0 Å². The lowest BCUT2D eigenvalue weighted by atomic mass is 10.0. The Labute approximate surface area is 118 Å². The van der Waals surface area contributed by atoms with Gasteiger partial charge in [-0.2, -0.15) is 0 Å². The molecule has 0 saturated carbocycles. The smallest absolute Gasteiger partial charge is 0.0205 e. The number of benzene rings is 1. The third kappa shape index (κ3) is 4.96. The van der Waals surface area contributed by atoms with E-state index >= 15 is 0 Å². The van der Waals surface area contributed by atoms with Gasteiger partial charge in [0.1, 0.15) is 0 Å². The van der Waals surface area contributed by atoms with E-state index in [2.05, 4.69) is 55.4 Å². The van der Waals surface area contributed by atoms with Gasteiger partial charge < -0.3 is 10.2 Å². The molecule has 1 aromatic rings. The Morgan fingerprint density at radius 3 is 2.47 bits per heavy atom. The molecule has 0 aliphatic carbocycles. The number of nitrogens with zero attached hydrogens (tertiary/aromatic N) is 1. The van der Waals surface area contributed by atoms with Crippen molar-refractivity contribution in [3.05, 3.63) is 35.4 Å². The summed E-state index contributed by atoms with van der Waals surface area (Å²) in [6, 6.07) is 9.09. The van der Waals surface area contributed by atoms with Crippen LogP contribution in [0.3, 0.4) is 0 Å². The third-order valence-electron chi connectivity index (χ3n) is 3.92. The largest absolute Gasteiger partial charge is 0.312 e. The molecule has 1 unspecified atom stereocenters. The molecule has 2 rings (SSSR count). The van der Waals surface area contributed by atoms with E-state index in [9.17, 15) is 0 Å². The summed E-state index contributed by atoms with van der Waals surface area (Å²) in [5, 5.41) is 3.60. The fraction of sp³-hybridized carbons (Fsp3) is 0.647. The summed E-state index contributed by atoms with van der Waals surface area (Å²) < 4.78 is 0. The monoisotopic (exact) mass is 260 g/mol. The van der Waals surface area contributed by atoms with Gasteiger partial charge in [-0.1, -0.05) is 38.1 Å². The first-order chi connectivity index (χ1) is 9.13. The molecule has 0 spiro atoms. The summed E-state index contributed by atoms with van der Waals surface area (Å²) in [6.45, 7) is 9.21. The molecule has 1 heterocycles. The van der Waals surface area contributed by atoms with Gasteiger partial charge >= 0.3 is 0 Å². The van der Waals surface area contributed by atoms with Crippen molar-refractivity contribution >= 4 is 0 Å². The lowest BCUT2D eigenvalue weighted by Gasteiger charge is -2.12. The molecule has 1 fully saturated rings. The summed E-state index contributed by atoms with van der Waals surface area (Å²) in [5.41, 5.74) is 2.86. The second kappa shape index (κ2) is 7.06. The predicted molar refractivity (Wildman–Crippen MR) is 82.3 cm³/mol. The van der Waals surface area contributed by atoms with Gasteiger partial charge in [0.05, 0.1) is 0 Å². The SMILES string of the molecule is CC(C)Cc1ccc(CNCC2CCN(C)C2)cc1. The molecule has 1 aromatic carbocycles. The van der Waals surface area contributed by atoms with Crippen LogP contribution in [0.5, 0.6) is 0 Å². The average molecular weight is 260 g/mol. The van der Waals surface area contributed by atoms with Crippen LogP contribution in [-0.2, 0) is 13.0 Å². The predicted octanol–water partition coefficient (Wildman–Crippen LogP) is 2.93. The number of hydrogen-bond donors (Lipinski definition) is 1. The highest BCUT2D eigenvalue weighted by Crippen LogP contribution is 2.13. The Kier molecular flexibility index (Phi) is 5.41. The van der Waals surface area contributed by atoms with E-state index in [0.717, 1.165) is 24.9 Å². The molecule has 2 heteroatoms. The molecule has 0 amide bonds. The van der Waals surface area contributed by atoms with Crippen LogP contribution in [-0.4, -0.2) is 31.6 Å². The summed E-state index contributed by atoms with van der Waals surface area (Å²) >= 11 is 0. The fourth-order valence-corrected chi connectivity index (χ4v) is 2.88. The summed E-state index contributed by atoms with van der Waals surface area (Å²) in [7, 11) is 2.22. The molecular formula is C17H28N2. The second-order valence-corrected chi connectivity index (χ2v) is 6.46. The fourth-order valence-electron chi connectivity index (χ4n) is 2.88. The minimum atomic E-state index is 0.739. The first kappa shape index (κ1) is 14.5. The first-order valence-electron chi connectivity index (χ1n) is 7.60. The van der Waals surface area contributed by atoms with Gasteiger partial charge in [-0.05, 0) is 55.9 Å². The summed E-state index contributed by atoms with van der Waals surface area (Å²) in [4.78, 5) is 2.42. The van der Waals surface area contributed by atoms with E-state index in [0.29, 0.717) is 0 Å². The minimum Gasteiger partial charge on any atom is -0.312 e. The molecule has 0 radical (unpaired) electrons. The average Bonchev–Trinajstić information content (AvgIpc) is 2.77. The van der Waals surface area contributed by atoms with E-state index < -0.39 is 0 Å². The van der Waals surface area contributed by atoms with Gasteiger partial charge in [0.15, 0.2) is 0 Å². The maximum absolute atomic E-state index is 3.60. The minimum absolute atomic E-state index is 0.739. The molecule has 1 N–H and O–H groups in total. The molecule has 1 atom stereocenters. The van der Waals surface area contributed by atoms with Gasteiger partial charge in [0, 0.05) is 13.1 Å². The van der Waals surface area contributed by atoms with E-state index in [1.165, 1.54) is 37.1 Å². The van der Waals surface area contributed by atoms with Gasteiger partial charge in [-0.25, -0.2) is 0 Å². The van der Waals surface area contributed by atoms with Crippen LogP contribution in [0.4, 0.5) is 0 Å². The van der Waals surface area contributed by atoms with Crippen LogP contribution in [0, 0.1) is 11.8 Å². The standard InChI is InChI=1S/C17H28N2/c1-14(2)10-15-4-6-16(7-5-15)11-18-12-17-8-9-19(3)13-17/h4-7,14,17-18H,8-13H2,1-3H3. The molecule has 1 aliphatic heterocycles. The van der Waals surface area contributed by atoms with Gasteiger partial charge in [-0.15, -0.1) is 0 Å². The topological polar surface area (TPSA) is 15.3 Å². The molecule has 2 nitrogen and oxygen atoms in total. The zero-order valence-corrected chi connectivity index (χ0v) is 12.7. The van der Waals surface area contributed by atoms with Crippen LogP contribution in [0.15, 0.2) is 24.3 Å². The number of nitrogens with one attached hydrogen (secondary N) is 1. The van der Waals surface area contributed by atoms with E-state index in [-0.39, 0.29) is 0 Å². The summed E-state index contributed by atoms with van der Waals surface area (Å²) in [5.74, 6) is 1.58. The van der Waals surface area contributed by atoms with Gasteiger partial charge in [0.2, 0.25) is 0 Å². The third-order valence-corrected chi connectivity index (χ3v) is 3.92. The molecule has 0 bridgehead atoms. The van der Waals surface area contributed by atoms with Crippen LogP contribution < -0.4 is 5.32 Å². The molecule has 19 heavy (non-hydrogen) atoms. The molecular weight excluding hydrogens is 232 g/mol. The first-order valence-corrected chi connectivity index (χ1v) is 7.60. The highest BCUT2D eigenvalue weighted by molar-refractivity contribution is 5.22. The highest BCUT2D eigenvalue weighted by atomic mass is 15.1. The van der Waals surface area contributed by atoms with Crippen LogP contribution in [0.2, 0.25) is 0 Å². The van der Waals surface area contributed by atoms with Crippen molar-refractivity contribution in [3.8, 4) is 0 Å². The number of hydrogen-bond acceptors (Lipinski definition) is 2. The van der Waals surface area contributed by atoms with E-state index in [4.69, 9.17) is 0 Å². The van der Waals surface area contributed by atoms with Crippen LogP contribution in [0.1, 0.15) is 31.4 Å². The van der Waals surface area contributed by atoms with Crippen molar-refractivity contribution in [2.75, 3.05) is 26.7 Å².